The molecular formula is C17H13ClF3N5O2. The smallest absolute Gasteiger partial charge is 0.341 e. The Bertz CT molecular complexity index is 934. The summed E-state index contributed by atoms with van der Waals surface area (Å²) < 4.78 is 46.0. The van der Waals surface area contributed by atoms with Crippen molar-refractivity contribution in [2.75, 3.05) is 13.1 Å². The summed E-state index contributed by atoms with van der Waals surface area (Å²) in [6.45, 7) is 0.353. The van der Waals surface area contributed by atoms with E-state index in [1.165, 1.54) is 28.3 Å². The Labute approximate surface area is 162 Å². The molecule has 0 N–H and O–H groups in total. The maximum absolute atomic E-state index is 13.6. The fourth-order valence-electron chi connectivity index (χ4n) is 3.03. The van der Waals surface area contributed by atoms with Gasteiger partial charge in [0.05, 0.1) is 25.3 Å². The molecule has 1 aromatic heterocycles. The summed E-state index contributed by atoms with van der Waals surface area (Å²) in [6, 6.07) is 2.07. The molecule has 7 nitrogen and oxygen atoms in total. The zero-order valence-corrected chi connectivity index (χ0v) is 15.0. The molecule has 2 aliphatic heterocycles. The maximum Gasteiger partial charge on any atom is 0.341 e. The lowest BCUT2D eigenvalue weighted by atomic mass is 10.0. The first kappa shape index (κ1) is 18.5. The molecule has 11 heteroatoms. The first-order valence-corrected chi connectivity index (χ1v) is 8.70. The van der Waals surface area contributed by atoms with Crippen LogP contribution in [0.2, 0.25) is 5.28 Å². The minimum Gasteiger partial charge on any atom is -0.468 e. The molecule has 4 rings (SSSR count). The third-order valence-corrected chi connectivity index (χ3v) is 4.56. The molecule has 0 aliphatic carbocycles. The number of hydrogen-bond acceptors (Lipinski definition) is 5. The van der Waals surface area contributed by atoms with Gasteiger partial charge in [-0.25, -0.2) is 23.6 Å². The SMILES string of the molecule is O=C(N1CC(Oc2nc(Cl)ncc2F)C1)N1N=CCC1c1cc(F)cc(F)c1. The minimum absolute atomic E-state index is 0.153. The highest BCUT2D eigenvalue weighted by Crippen LogP contribution is 2.31. The van der Waals surface area contributed by atoms with E-state index in [4.69, 9.17) is 16.3 Å². The number of nitrogens with zero attached hydrogens (tertiary/aromatic N) is 5. The number of aromatic nitrogens is 2. The molecule has 146 valence electrons. The number of carbonyl (C=O) groups excluding carboxylic acids is 1. The van der Waals surface area contributed by atoms with Crippen molar-refractivity contribution in [3.63, 3.8) is 0 Å². The second kappa shape index (κ2) is 7.27. The Balaban J connectivity index is 1.40. The average molecular weight is 412 g/mol. The van der Waals surface area contributed by atoms with Gasteiger partial charge >= 0.3 is 6.03 Å². The van der Waals surface area contributed by atoms with Gasteiger partial charge in [-0.3, -0.25) is 0 Å². The molecular weight excluding hydrogens is 399 g/mol. The number of hydrazone groups is 1. The largest absolute Gasteiger partial charge is 0.468 e. The monoisotopic (exact) mass is 411 g/mol. The third-order valence-electron chi connectivity index (χ3n) is 4.37. The van der Waals surface area contributed by atoms with Crippen LogP contribution < -0.4 is 4.74 Å². The molecule has 1 unspecified atom stereocenters. The van der Waals surface area contributed by atoms with Crippen molar-refractivity contribution >= 4 is 23.8 Å². The lowest BCUT2D eigenvalue weighted by Gasteiger charge is -2.40. The number of benzene rings is 1. The second-order valence-corrected chi connectivity index (χ2v) is 6.65. The van der Waals surface area contributed by atoms with E-state index in [0.717, 1.165) is 12.3 Å². The van der Waals surface area contributed by atoms with E-state index < -0.39 is 35.6 Å². The Morgan fingerprint density at radius 1 is 1.18 bits per heavy atom. The highest BCUT2D eigenvalue weighted by molar-refractivity contribution is 6.28. The molecule has 1 atom stereocenters. The van der Waals surface area contributed by atoms with E-state index in [1.54, 1.807) is 0 Å². The van der Waals surface area contributed by atoms with Crippen LogP contribution >= 0.6 is 11.6 Å². The van der Waals surface area contributed by atoms with Crippen LogP contribution in [-0.4, -0.2) is 51.3 Å². The lowest BCUT2D eigenvalue weighted by molar-refractivity contribution is 0.0229. The van der Waals surface area contributed by atoms with Crippen LogP contribution in [0.1, 0.15) is 18.0 Å². The van der Waals surface area contributed by atoms with Gasteiger partial charge < -0.3 is 9.64 Å². The van der Waals surface area contributed by atoms with E-state index in [9.17, 15) is 18.0 Å². The van der Waals surface area contributed by atoms with Crippen LogP contribution in [0.25, 0.3) is 0 Å². The van der Waals surface area contributed by atoms with Gasteiger partial charge in [-0.05, 0) is 29.3 Å². The molecule has 0 saturated carbocycles. The van der Waals surface area contributed by atoms with Crippen molar-refractivity contribution in [3.8, 4) is 5.88 Å². The number of hydrogen-bond donors (Lipinski definition) is 0. The Morgan fingerprint density at radius 2 is 1.89 bits per heavy atom. The molecule has 0 spiro atoms. The maximum atomic E-state index is 13.6. The zero-order valence-electron chi connectivity index (χ0n) is 14.2. The summed E-state index contributed by atoms with van der Waals surface area (Å²) in [5.41, 5.74) is 0.314. The van der Waals surface area contributed by atoms with Crippen molar-refractivity contribution in [2.24, 2.45) is 5.10 Å². The second-order valence-electron chi connectivity index (χ2n) is 6.32. The molecule has 0 radical (unpaired) electrons. The Hall–Kier alpha value is -2.88. The highest BCUT2D eigenvalue weighted by Gasteiger charge is 2.39. The van der Waals surface area contributed by atoms with E-state index in [-0.39, 0.29) is 24.3 Å². The first-order chi connectivity index (χ1) is 13.4. The highest BCUT2D eigenvalue weighted by atomic mass is 35.5. The predicted octanol–water partition coefficient (Wildman–Crippen LogP) is 3.16. The van der Waals surface area contributed by atoms with Gasteiger partial charge in [0, 0.05) is 18.7 Å². The normalized spacial score (nSPS) is 19.1. The Morgan fingerprint density at radius 3 is 2.61 bits per heavy atom. The van der Waals surface area contributed by atoms with E-state index in [0.29, 0.717) is 12.0 Å². The van der Waals surface area contributed by atoms with Crippen LogP contribution in [0, 0.1) is 17.5 Å². The Kier molecular flexibility index (Phi) is 4.80. The van der Waals surface area contributed by atoms with Gasteiger partial charge in [-0.1, -0.05) is 0 Å². The molecule has 1 fully saturated rings. The molecule has 2 amide bonds. The van der Waals surface area contributed by atoms with Gasteiger partial charge in [-0.2, -0.15) is 14.5 Å². The average Bonchev–Trinajstić information content (AvgIpc) is 3.09. The van der Waals surface area contributed by atoms with Crippen LogP contribution in [0.15, 0.2) is 29.5 Å². The summed E-state index contributed by atoms with van der Waals surface area (Å²) in [4.78, 5) is 21.3. The fourth-order valence-corrected chi connectivity index (χ4v) is 3.15. The summed E-state index contributed by atoms with van der Waals surface area (Å²) >= 11 is 5.61. The standard InChI is InChI=1S/C17H13ClF3N5O2/c18-16-22-6-13(21)15(24-16)28-12-7-25(8-12)17(27)26-14(1-2-23-26)9-3-10(19)5-11(20)4-9/h2-6,12,14H,1,7-8H2. The minimum atomic E-state index is -0.758. The van der Waals surface area contributed by atoms with Gasteiger partial charge in [0.1, 0.15) is 17.7 Å². The van der Waals surface area contributed by atoms with Crippen LogP contribution in [-0.2, 0) is 0 Å². The molecule has 1 saturated heterocycles. The summed E-state index contributed by atoms with van der Waals surface area (Å²) in [5, 5.41) is 5.04. The number of rotatable bonds is 3. The molecule has 1 aromatic carbocycles. The summed E-state index contributed by atoms with van der Waals surface area (Å²) in [6.07, 6.45) is 2.28. The van der Waals surface area contributed by atoms with Crippen molar-refractivity contribution in [1.29, 1.82) is 0 Å². The summed E-state index contributed by atoms with van der Waals surface area (Å²) in [5.74, 6) is -2.49. The molecule has 0 bridgehead atoms. The van der Waals surface area contributed by atoms with E-state index in [2.05, 4.69) is 15.1 Å². The summed E-state index contributed by atoms with van der Waals surface area (Å²) in [7, 11) is 0. The van der Waals surface area contributed by atoms with Gasteiger partial charge in [0.15, 0.2) is 0 Å². The van der Waals surface area contributed by atoms with Crippen molar-refractivity contribution < 1.29 is 22.7 Å². The van der Waals surface area contributed by atoms with Gasteiger partial charge in [0.2, 0.25) is 11.1 Å². The number of carbonyl (C=O) groups is 1. The van der Waals surface area contributed by atoms with Crippen LogP contribution in [0.3, 0.4) is 0 Å². The van der Waals surface area contributed by atoms with E-state index >= 15 is 0 Å². The van der Waals surface area contributed by atoms with Gasteiger partial charge in [-0.15, -0.1) is 0 Å². The van der Waals surface area contributed by atoms with Gasteiger partial charge in [0.25, 0.3) is 5.88 Å². The fraction of sp³-hybridized carbons (Fsp3) is 0.294. The third kappa shape index (κ3) is 3.59. The predicted molar refractivity (Wildman–Crippen MR) is 92.4 cm³/mol. The quantitative estimate of drug-likeness (QED) is 0.727. The van der Waals surface area contributed by atoms with E-state index in [1.807, 2.05) is 0 Å². The van der Waals surface area contributed by atoms with Crippen molar-refractivity contribution in [2.45, 2.75) is 18.6 Å². The number of likely N-dealkylation sites (tertiary alicyclic amines) is 1. The number of amides is 2. The van der Waals surface area contributed by atoms with Crippen LogP contribution in [0.4, 0.5) is 18.0 Å². The van der Waals surface area contributed by atoms with Crippen LogP contribution in [0.5, 0.6) is 5.88 Å². The number of ether oxygens (including phenoxy) is 1. The first-order valence-electron chi connectivity index (χ1n) is 8.32. The molecule has 2 aliphatic rings. The number of urea groups is 1. The van der Waals surface area contributed by atoms with Crippen molar-refractivity contribution in [3.05, 3.63) is 52.7 Å². The molecule has 28 heavy (non-hydrogen) atoms. The molecule has 3 heterocycles. The topological polar surface area (TPSA) is 70.9 Å². The number of halogens is 4. The lowest BCUT2D eigenvalue weighted by Crippen LogP contribution is -2.59. The molecule has 2 aromatic rings. The van der Waals surface area contributed by atoms with Crippen molar-refractivity contribution in [1.82, 2.24) is 19.9 Å². The zero-order chi connectivity index (χ0) is 19.8.